The molecule has 0 fully saturated rings. The Morgan fingerprint density at radius 1 is 0.952 bits per heavy atom. The van der Waals surface area contributed by atoms with Crippen molar-refractivity contribution in [3.05, 3.63) is 61.5 Å². The monoisotopic (exact) mass is 362 g/mol. The van der Waals surface area contributed by atoms with E-state index in [2.05, 4.69) is 0 Å². The first kappa shape index (κ1) is 16.1. The fourth-order valence-electron chi connectivity index (χ4n) is 1.58. The van der Waals surface area contributed by atoms with E-state index in [9.17, 15) is 9.59 Å². The molecule has 0 N–H and O–H groups in total. The van der Waals surface area contributed by atoms with Gasteiger partial charge in [0, 0.05) is 10.0 Å². The minimum absolute atomic E-state index is 0.0445. The summed E-state index contributed by atoms with van der Waals surface area (Å²) in [6.07, 6.45) is 0.490. The van der Waals surface area contributed by atoms with Crippen LogP contribution >= 0.6 is 46.4 Å². The molecule has 0 spiro atoms. The first-order valence-electron chi connectivity index (χ1n) is 5.54. The molecule has 0 aromatic heterocycles. The van der Waals surface area contributed by atoms with Crippen LogP contribution in [0, 0.1) is 0 Å². The smallest absolute Gasteiger partial charge is 0.345 e. The van der Waals surface area contributed by atoms with Crippen LogP contribution in [0.2, 0.25) is 20.1 Å². The van der Waals surface area contributed by atoms with Gasteiger partial charge in [0.25, 0.3) is 0 Å². The van der Waals surface area contributed by atoms with Crippen LogP contribution in [0.5, 0.6) is 5.75 Å². The van der Waals surface area contributed by atoms with E-state index in [0.29, 0.717) is 11.3 Å². The number of aldehydes is 1. The Labute approximate surface area is 140 Å². The summed E-state index contributed by atoms with van der Waals surface area (Å²) in [5, 5.41) is 0.814. The van der Waals surface area contributed by atoms with Crippen molar-refractivity contribution >= 4 is 58.7 Å². The molecule has 0 aliphatic heterocycles. The summed E-state index contributed by atoms with van der Waals surface area (Å²) in [6, 6.07) is 7.02. The lowest BCUT2D eigenvalue weighted by atomic mass is 10.2. The molecule has 0 heterocycles. The lowest BCUT2D eigenvalue weighted by Crippen LogP contribution is -2.11. The third-order valence-electron chi connectivity index (χ3n) is 2.51. The number of carbonyl (C=O) groups excluding carboxylic acids is 2. The van der Waals surface area contributed by atoms with Gasteiger partial charge in [-0.3, -0.25) is 4.79 Å². The molecule has 0 saturated heterocycles. The molecule has 21 heavy (non-hydrogen) atoms. The highest BCUT2D eigenvalue weighted by Gasteiger charge is 2.18. The van der Waals surface area contributed by atoms with Crippen LogP contribution in [0.1, 0.15) is 20.7 Å². The van der Waals surface area contributed by atoms with Gasteiger partial charge in [0.05, 0.1) is 21.2 Å². The molecule has 0 aliphatic carbocycles. The van der Waals surface area contributed by atoms with E-state index >= 15 is 0 Å². The molecular weight excluding hydrogens is 358 g/mol. The van der Waals surface area contributed by atoms with Crippen molar-refractivity contribution in [2.75, 3.05) is 0 Å². The van der Waals surface area contributed by atoms with Crippen molar-refractivity contribution in [1.29, 1.82) is 0 Å². The average molecular weight is 364 g/mol. The molecule has 0 amide bonds. The van der Waals surface area contributed by atoms with Crippen LogP contribution in [0.3, 0.4) is 0 Å². The highest BCUT2D eigenvalue weighted by Crippen LogP contribution is 2.32. The summed E-state index contributed by atoms with van der Waals surface area (Å²) < 4.78 is 5.14. The predicted octanol–water partition coefficient (Wildman–Crippen LogP) is 5.33. The summed E-state index contributed by atoms with van der Waals surface area (Å²) in [6.45, 7) is 0. The van der Waals surface area contributed by atoms with Gasteiger partial charge in [0.1, 0.15) is 0 Å². The number of hydrogen-bond acceptors (Lipinski definition) is 3. The minimum atomic E-state index is -0.760. The Kier molecular flexibility index (Phi) is 5.12. The summed E-state index contributed by atoms with van der Waals surface area (Å²) in [5.41, 5.74) is 0.162. The Hall–Kier alpha value is -1.26. The van der Waals surface area contributed by atoms with Gasteiger partial charge in [-0.25, -0.2) is 4.79 Å². The van der Waals surface area contributed by atoms with Crippen LogP contribution in [0.4, 0.5) is 0 Å². The molecule has 0 aliphatic rings. The van der Waals surface area contributed by atoms with E-state index in [1.807, 2.05) is 0 Å². The lowest BCUT2D eigenvalue weighted by Gasteiger charge is -2.10. The van der Waals surface area contributed by atoms with Crippen molar-refractivity contribution in [2.24, 2.45) is 0 Å². The molecule has 2 aromatic carbocycles. The van der Waals surface area contributed by atoms with E-state index in [0.717, 1.165) is 0 Å². The Bertz CT molecular complexity index is 728. The Morgan fingerprint density at radius 2 is 1.62 bits per heavy atom. The standard InChI is InChI=1S/C14H6Cl4O3/c15-8-1-2-10(11(17)4-8)14(20)21-13-7(6-19)3-9(16)5-12(13)18/h1-6H. The van der Waals surface area contributed by atoms with Gasteiger partial charge >= 0.3 is 5.97 Å². The minimum Gasteiger partial charge on any atom is -0.421 e. The van der Waals surface area contributed by atoms with Crippen molar-refractivity contribution in [3.8, 4) is 5.75 Å². The third-order valence-corrected chi connectivity index (χ3v) is 3.56. The second kappa shape index (κ2) is 6.67. The van der Waals surface area contributed by atoms with Crippen LogP contribution in [0.15, 0.2) is 30.3 Å². The second-order valence-corrected chi connectivity index (χ2v) is 5.62. The molecule has 0 atom stereocenters. The molecule has 0 bridgehead atoms. The zero-order valence-corrected chi connectivity index (χ0v) is 13.2. The van der Waals surface area contributed by atoms with Gasteiger partial charge in [-0.1, -0.05) is 46.4 Å². The normalized spacial score (nSPS) is 10.3. The van der Waals surface area contributed by atoms with E-state index in [1.165, 1.54) is 30.3 Å². The van der Waals surface area contributed by atoms with E-state index in [-0.39, 0.29) is 31.9 Å². The van der Waals surface area contributed by atoms with Crippen LogP contribution in [-0.4, -0.2) is 12.3 Å². The number of rotatable bonds is 3. The maximum atomic E-state index is 12.1. The van der Waals surface area contributed by atoms with Crippen molar-refractivity contribution < 1.29 is 14.3 Å². The highest BCUT2D eigenvalue weighted by atomic mass is 35.5. The Balaban J connectivity index is 2.38. The predicted molar refractivity (Wildman–Crippen MR) is 83.3 cm³/mol. The van der Waals surface area contributed by atoms with Crippen molar-refractivity contribution in [2.45, 2.75) is 0 Å². The van der Waals surface area contributed by atoms with Crippen LogP contribution < -0.4 is 4.74 Å². The van der Waals surface area contributed by atoms with E-state index < -0.39 is 5.97 Å². The topological polar surface area (TPSA) is 43.4 Å². The quantitative estimate of drug-likeness (QED) is 0.420. The summed E-state index contributed by atoms with van der Waals surface area (Å²) in [5.74, 6) is -0.837. The van der Waals surface area contributed by atoms with Crippen LogP contribution in [0.25, 0.3) is 0 Å². The second-order valence-electron chi connectivity index (χ2n) is 3.94. The number of hydrogen-bond donors (Lipinski definition) is 0. The van der Waals surface area contributed by atoms with Gasteiger partial charge in [0.15, 0.2) is 12.0 Å². The zero-order chi connectivity index (χ0) is 15.6. The number of benzene rings is 2. The Morgan fingerprint density at radius 3 is 2.24 bits per heavy atom. The zero-order valence-electron chi connectivity index (χ0n) is 10.2. The molecule has 0 radical (unpaired) electrons. The number of ether oxygens (including phenoxy) is 1. The molecule has 7 heteroatoms. The molecule has 2 rings (SSSR count). The van der Waals surface area contributed by atoms with Gasteiger partial charge in [-0.05, 0) is 30.3 Å². The largest absolute Gasteiger partial charge is 0.421 e. The maximum Gasteiger partial charge on any atom is 0.345 e. The summed E-state index contributed by atoms with van der Waals surface area (Å²) >= 11 is 23.4. The van der Waals surface area contributed by atoms with Gasteiger partial charge < -0.3 is 4.74 Å². The van der Waals surface area contributed by atoms with E-state index in [4.69, 9.17) is 51.1 Å². The first-order valence-corrected chi connectivity index (χ1v) is 7.05. The average Bonchev–Trinajstić information content (AvgIpc) is 2.41. The fourth-order valence-corrected chi connectivity index (χ4v) is 2.61. The molecule has 2 aromatic rings. The first-order chi connectivity index (χ1) is 9.92. The van der Waals surface area contributed by atoms with Crippen LogP contribution in [-0.2, 0) is 0 Å². The molecule has 3 nitrogen and oxygen atoms in total. The summed E-state index contributed by atoms with van der Waals surface area (Å²) in [4.78, 5) is 23.1. The van der Waals surface area contributed by atoms with Gasteiger partial charge in [-0.15, -0.1) is 0 Å². The summed E-state index contributed by atoms with van der Waals surface area (Å²) in [7, 11) is 0. The number of carbonyl (C=O) groups is 2. The molecule has 0 unspecified atom stereocenters. The SMILES string of the molecule is O=Cc1cc(Cl)cc(Cl)c1OC(=O)c1ccc(Cl)cc1Cl. The maximum absolute atomic E-state index is 12.1. The molecule has 0 saturated carbocycles. The highest BCUT2D eigenvalue weighted by molar-refractivity contribution is 6.37. The third kappa shape index (κ3) is 3.69. The van der Waals surface area contributed by atoms with Crippen molar-refractivity contribution in [3.63, 3.8) is 0 Å². The number of halogens is 4. The van der Waals surface area contributed by atoms with E-state index in [1.54, 1.807) is 0 Å². The molecular formula is C14H6Cl4O3. The lowest BCUT2D eigenvalue weighted by molar-refractivity contribution is 0.0734. The van der Waals surface area contributed by atoms with Gasteiger partial charge in [0.2, 0.25) is 0 Å². The van der Waals surface area contributed by atoms with Gasteiger partial charge in [-0.2, -0.15) is 0 Å². The number of esters is 1. The fraction of sp³-hybridized carbons (Fsp3) is 0. The van der Waals surface area contributed by atoms with Crippen molar-refractivity contribution in [1.82, 2.24) is 0 Å². The molecule has 108 valence electrons.